The number of nitrogens with zero attached hydrogens (tertiary/aromatic N) is 1. The Hall–Kier alpha value is -0.610. The van der Waals surface area contributed by atoms with Gasteiger partial charge in [-0.3, -0.25) is 0 Å². The maximum atomic E-state index is 12.4. The SMILES string of the molecule is CNC(CN(C)C1CCC(C)(C)CC1)(C(=O)OC)C1CC1. The molecule has 1 unspecified atom stereocenters. The molecule has 0 amide bonds. The first-order valence-corrected chi connectivity index (χ1v) is 8.32. The van der Waals surface area contributed by atoms with Gasteiger partial charge in [0.1, 0.15) is 5.54 Å². The highest BCUT2D eigenvalue weighted by molar-refractivity contribution is 5.82. The predicted molar refractivity (Wildman–Crippen MR) is 85.2 cm³/mol. The maximum Gasteiger partial charge on any atom is 0.327 e. The lowest BCUT2D eigenvalue weighted by molar-refractivity contribution is -0.150. The van der Waals surface area contributed by atoms with Crippen LogP contribution in [-0.4, -0.2) is 50.2 Å². The van der Waals surface area contributed by atoms with Crippen LogP contribution in [0.1, 0.15) is 52.4 Å². The molecule has 4 nitrogen and oxygen atoms in total. The standard InChI is InChI=1S/C17H32N2O2/c1-16(2)10-8-14(9-11-16)19(4)12-17(18-3,13-6-7-13)15(20)21-5/h13-14,18H,6-12H2,1-5H3. The Labute approximate surface area is 129 Å². The summed E-state index contributed by atoms with van der Waals surface area (Å²) >= 11 is 0. The molecular formula is C17H32N2O2. The van der Waals surface area contributed by atoms with Crippen molar-refractivity contribution >= 4 is 5.97 Å². The fraction of sp³-hybridized carbons (Fsp3) is 0.941. The van der Waals surface area contributed by atoms with Crippen molar-refractivity contribution in [3.8, 4) is 0 Å². The third-order valence-corrected chi connectivity index (χ3v) is 5.70. The van der Waals surface area contributed by atoms with E-state index in [4.69, 9.17) is 4.74 Å². The topological polar surface area (TPSA) is 41.6 Å². The number of likely N-dealkylation sites (N-methyl/N-ethyl adjacent to an activating group) is 2. The fourth-order valence-corrected chi connectivity index (χ4v) is 3.85. The second-order valence-corrected chi connectivity index (χ2v) is 7.80. The number of methoxy groups -OCH3 is 1. The van der Waals surface area contributed by atoms with Gasteiger partial charge in [0.2, 0.25) is 0 Å². The van der Waals surface area contributed by atoms with Gasteiger partial charge in [0, 0.05) is 12.6 Å². The molecule has 4 heteroatoms. The molecule has 0 radical (unpaired) electrons. The molecule has 0 heterocycles. The van der Waals surface area contributed by atoms with Crippen LogP contribution < -0.4 is 5.32 Å². The minimum Gasteiger partial charge on any atom is -0.468 e. The Morgan fingerprint density at radius 2 is 1.86 bits per heavy atom. The van der Waals surface area contributed by atoms with Crippen LogP contribution >= 0.6 is 0 Å². The lowest BCUT2D eigenvalue weighted by Gasteiger charge is -2.42. The first kappa shape index (κ1) is 16.8. The minimum absolute atomic E-state index is 0.101. The van der Waals surface area contributed by atoms with Gasteiger partial charge in [0.05, 0.1) is 7.11 Å². The summed E-state index contributed by atoms with van der Waals surface area (Å²) < 4.78 is 5.10. The largest absolute Gasteiger partial charge is 0.468 e. The molecule has 0 aromatic rings. The number of carbonyl (C=O) groups excluding carboxylic acids is 1. The lowest BCUT2D eigenvalue weighted by atomic mass is 9.75. The smallest absolute Gasteiger partial charge is 0.327 e. The van der Waals surface area contributed by atoms with E-state index in [0.29, 0.717) is 17.4 Å². The Bertz CT molecular complexity index is 369. The lowest BCUT2D eigenvalue weighted by Crippen LogP contribution is -2.61. The van der Waals surface area contributed by atoms with Gasteiger partial charge in [-0.2, -0.15) is 0 Å². The molecule has 1 atom stereocenters. The highest BCUT2D eigenvalue weighted by Crippen LogP contribution is 2.42. The maximum absolute atomic E-state index is 12.4. The zero-order valence-electron chi connectivity index (χ0n) is 14.4. The number of rotatable bonds is 6. The van der Waals surface area contributed by atoms with Crippen LogP contribution in [0.2, 0.25) is 0 Å². The number of carbonyl (C=O) groups is 1. The van der Waals surface area contributed by atoms with Crippen LogP contribution in [0.25, 0.3) is 0 Å². The molecule has 0 spiro atoms. The van der Waals surface area contributed by atoms with E-state index < -0.39 is 5.54 Å². The van der Waals surface area contributed by atoms with Crippen molar-refractivity contribution < 1.29 is 9.53 Å². The number of hydrogen-bond donors (Lipinski definition) is 1. The minimum atomic E-state index is -0.517. The van der Waals surface area contributed by atoms with Gasteiger partial charge in [0.25, 0.3) is 0 Å². The van der Waals surface area contributed by atoms with Crippen LogP contribution in [0.4, 0.5) is 0 Å². The molecule has 122 valence electrons. The molecule has 0 saturated heterocycles. The molecule has 21 heavy (non-hydrogen) atoms. The van der Waals surface area contributed by atoms with E-state index in [0.717, 1.165) is 19.4 Å². The molecule has 2 saturated carbocycles. The van der Waals surface area contributed by atoms with Crippen LogP contribution in [0.15, 0.2) is 0 Å². The van der Waals surface area contributed by atoms with Crippen molar-refractivity contribution in [2.75, 3.05) is 27.7 Å². The predicted octanol–water partition coefficient (Wildman–Crippen LogP) is 2.43. The van der Waals surface area contributed by atoms with E-state index in [1.807, 2.05) is 7.05 Å². The van der Waals surface area contributed by atoms with E-state index in [1.54, 1.807) is 0 Å². The molecule has 0 aromatic carbocycles. The van der Waals surface area contributed by atoms with E-state index >= 15 is 0 Å². The van der Waals surface area contributed by atoms with Crippen molar-refractivity contribution in [1.82, 2.24) is 10.2 Å². The van der Waals surface area contributed by atoms with Crippen molar-refractivity contribution in [2.45, 2.75) is 64.0 Å². The van der Waals surface area contributed by atoms with Crippen LogP contribution in [0.3, 0.4) is 0 Å². The highest BCUT2D eigenvalue weighted by Gasteiger charge is 2.52. The Morgan fingerprint density at radius 3 is 2.29 bits per heavy atom. The summed E-state index contributed by atoms with van der Waals surface area (Å²) in [6.07, 6.45) is 7.26. The van der Waals surface area contributed by atoms with E-state index in [1.165, 1.54) is 32.8 Å². The summed E-state index contributed by atoms with van der Waals surface area (Å²) in [4.78, 5) is 14.7. The summed E-state index contributed by atoms with van der Waals surface area (Å²) in [5.74, 6) is 0.327. The summed E-state index contributed by atoms with van der Waals surface area (Å²) in [6, 6.07) is 0.592. The van der Waals surface area contributed by atoms with Crippen LogP contribution in [-0.2, 0) is 9.53 Å². The van der Waals surface area contributed by atoms with Crippen molar-refractivity contribution in [3.63, 3.8) is 0 Å². The third kappa shape index (κ3) is 3.59. The second kappa shape index (κ2) is 6.25. The van der Waals surface area contributed by atoms with Crippen LogP contribution in [0, 0.1) is 11.3 Å². The molecule has 2 rings (SSSR count). The summed E-state index contributed by atoms with van der Waals surface area (Å²) in [5.41, 5.74) is -0.0350. The number of esters is 1. The van der Waals surface area contributed by atoms with Gasteiger partial charge < -0.3 is 15.0 Å². The Balaban J connectivity index is 2.01. The zero-order valence-corrected chi connectivity index (χ0v) is 14.4. The average molecular weight is 296 g/mol. The van der Waals surface area contributed by atoms with Crippen LogP contribution in [0.5, 0.6) is 0 Å². The molecule has 2 fully saturated rings. The zero-order chi connectivity index (χ0) is 15.7. The summed E-state index contributed by atoms with van der Waals surface area (Å²) in [6.45, 7) is 5.48. The number of hydrogen-bond acceptors (Lipinski definition) is 4. The first-order valence-electron chi connectivity index (χ1n) is 8.32. The van der Waals surface area contributed by atoms with E-state index in [9.17, 15) is 4.79 Å². The van der Waals surface area contributed by atoms with Gasteiger partial charge in [-0.1, -0.05) is 13.8 Å². The number of nitrogens with one attached hydrogen (secondary N) is 1. The van der Waals surface area contributed by atoms with Gasteiger partial charge >= 0.3 is 5.97 Å². The molecule has 1 N–H and O–H groups in total. The van der Waals surface area contributed by atoms with Gasteiger partial charge in [-0.15, -0.1) is 0 Å². The van der Waals surface area contributed by atoms with Gasteiger partial charge in [-0.25, -0.2) is 4.79 Å². The van der Waals surface area contributed by atoms with Gasteiger partial charge in [-0.05, 0) is 64.0 Å². The molecule has 0 aromatic heterocycles. The third-order valence-electron chi connectivity index (χ3n) is 5.70. The quantitative estimate of drug-likeness (QED) is 0.764. The normalized spacial score (nSPS) is 25.6. The monoisotopic (exact) mass is 296 g/mol. The Kier molecular flexibility index (Phi) is 4.99. The highest BCUT2D eigenvalue weighted by atomic mass is 16.5. The summed E-state index contributed by atoms with van der Waals surface area (Å²) in [7, 11) is 5.56. The first-order chi connectivity index (χ1) is 9.84. The van der Waals surface area contributed by atoms with E-state index in [2.05, 4.69) is 31.1 Å². The molecular weight excluding hydrogens is 264 g/mol. The number of ether oxygens (including phenoxy) is 1. The molecule has 2 aliphatic carbocycles. The van der Waals surface area contributed by atoms with E-state index in [-0.39, 0.29) is 5.97 Å². The molecule has 2 aliphatic rings. The summed E-state index contributed by atoms with van der Waals surface area (Å²) in [5, 5.41) is 3.30. The molecule has 0 aliphatic heterocycles. The Morgan fingerprint density at radius 1 is 1.29 bits per heavy atom. The van der Waals surface area contributed by atoms with Gasteiger partial charge in [0.15, 0.2) is 0 Å². The molecule has 0 bridgehead atoms. The van der Waals surface area contributed by atoms with Crippen molar-refractivity contribution in [2.24, 2.45) is 11.3 Å². The second-order valence-electron chi connectivity index (χ2n) is 7.80. The fourth-order valence-electron chi connectivity index (χ4n) is 3.85. The van der Waals surface area contributed by atoms with Crippen molar-refractivity contribution in [1.29, 1.82) is 0 Å². The average Bonchev–Trinajstić information content (AvgIpc) is 3.28. The van der Waals surface area contributed by atoms with Crippen molar-refractivity contribution in [3.05, 3.63) is 0 Å².